The molecule has 0 aliphatic carbocycles. The topological polar surface area (TPSA) is 129 Å². The summed E-state index contributed by atoms with van der Waals surface area (Å²) in [6, 6.07) is 16.4. The Bertz CT molecular complexity index is 1580. The number of fused-ring (bicyclic) bond motifs is 1. The summed E-state index contributed by atoms with van der Waals surface area (Å²) in [5.41, 5.74) is 1.86. The fourth-order valence-electron chi connectivity index (χ4n) is 3.52. The molecule has 10 nitrogen and oxygen atoms in total. The molecule has 37 heavy (non-hydrogen) atoms. The van der Waals surface area contributed by atoms with Crippen LogP contribution in [0.25, 0.3) is 10.9 Å². The Kier molecular flexibility index (Phi) is 7.73. The molecule has 3 aromatic carbocycles. The molecule has 0 saturated carbocycles. The van der Waals surface area contributed by atoms with E-state index in [1.54, 1.807) is 30.3 Å². The highest BCUT2D eigenvalue weighted by Gasteiger charge is 2.14. The summed E-state index contributed by atoms with van der Waals surface area (Å²) in [4.78, 5) is 40.8. The number of rotatable bonds is 8. The number of hydrogen-bond donors (Lipinski definition) is 1. The smallest absolute Gasteiger partial charge is 0.282 e. The van der Waals surface area contributed by atoms with E-state index >= 15 is 0 Å². The van der Waals surface area contributed by atoms with Gasteiger partial charge in [0.1, 0.15) is 11.6 Å². The molecule has 11 heteroatoms. The lowest BCUT2D eigenvalue weighted by Gasteiger charge is -2.11. The largest absolute Gasteiger partial charge is 0.483 e. The Balaban J connectivity index is 1.64. The van der Waals surface area contributed by atoms with Crippen LogP contribution in [0.1, 0.15) is 23.9 Å². The van der Waals surface area contributed by atoms with Gasteiger partial charge in [0, 0.05) is 34.3 Å². The lowest BCUT2D eigenvalue weighted by atomic mass is 10.2. The van der Waals surface area contributed by atoms with Crippen LogP contribution in [0.5, 0.6) is 5.75 Å². The van der Waals surface area contributed by atoms with Gasteiger partial charge in [0.15, 0.2) is 6.61 Å². The van der Waals surface area contributed by atoms with Gasteiger partial charge >= 0.3 is 0 Å². The maximum absolute atomic E-state index is 13.1. The number of anilines is 1. The summed E-state index contributed by atoms with van der Waals surface area (Å²) in [7, 11) is 0. The van der Waals surface area contributed by atoms with Crippen LogP contribution < -0.4 is 15.6 Å². The Labute approximate surface area is 219 Å². The number of aromatic nitrogens is 2. The first-order chi connectivity index (χ1) is 17.7. The zero-order valence-corrected chi connectivity index (χ0v) is 21.6. The lowest BCUT2D eigenvalue weighted by Crippen LogP contribution is -2.22. The van der Waals surface area contributed by atoms with E-state index in [0.717, 1.165) is 14.7 Å². The molecule has 0 spiro atoms. The summed E-state index contributed by atoms with van der Waals surface area (Å²) in [6.07, 6.45) is 1.71. The van der Waals surface area contributed by atoms with Gasteiger partial charge in [-0.3, -0.25) is 19.7 Å². The molecule has 1 N–H and O–H groups in total. The predicted octanol–water partition coefficient (Wildman–Crippen LogP) is 4.84. The molecule has 1 heterocycles. The van der Waals surface area contributed by atoms with Crippen LogP contribution in [0.2, 0.25) is 0 Å². The summed E-state index contributed by atoms with van der Waals surface area (Å²) in [5.74, 6) is 0.205. The molecule has 1 aromatic heterocycles. The number of nitro groups is 1. The van der Waals surface area contributed by atoms with Crippen molar-refractivity contribution >= 4 is 50.3 Å². The molecule has 0 atom stereocenters. The quantitative estimate of drug-likeness (QED) is 0.185. The Morgan fingerprint density at radius 3 is 2.65 bits per heavy atom. The number of hydrogen-bond acceptors (Lipinski definition) is 7. The molecular weight excluding hydrogens is 542 g/mol. The highest BCUT2D eigenvalue weighted by molar-refractivity contribution is 9.10. The molecule has 4 rings (SSSR count). The van der Waals surface area contributed by atoms with Crippen LogP contribution >= 0.6 is 15.9 Å². The summed E-state index contributed by atoms with van der Waals surface area (Å²) in [5, 5.41) is 18.7. The van der Waals surface area contributed by atoms with E-state index in [4.69, 9.17) is 4.74 Å². The molecule has 0 bridgehead atoms. The first kappa shape index (κ1) is 25.7. The van der Waals surface area contributed by atoms with Crippen molar-refractivity contribution in [2.75, 3.05) is 11.9 Å². The van der Waals surface area contributed by atoms with E-state index in [0.29, 0.717) is 28.8 Å². The monoisotopic (exact) mass is 563 g/mol. The highest BCUT2D eigenvalue weighted by atomic mass is 79.9. The molecule has 0 unspecified atom stereocenters. The van der Waals surface area contributed by atoms with Crippen molar-refractivity contribution in [2.45, 2.75) is 20.3 Å². The SMILES string of the molecule is CCc1nc2ccc(Br)cc2c(=O)n1N=Cc1cc([N+](=O)[O-])ccc1OCC(=O)Nc1ccc(C)cc1. The number of benzene rings is 3. The highest BCUT2D eigenvalue weighted by Crippen LogP contribution is 2.23. The average Bonchev–Trinajstić information content (AvgIpc) is 2.88. The third-order valence-corrected chi connectivity index (χ3v) is 5.90. The average molecular weight is 564 g/mol. The zero-order valence-electron chi connectivity index (χ0n) is 20.0. The maximum Gasteiger partial charge on any atom is 0.282 e. The van der Waals surface area contributed by atoms with E-state index in [2.05, 4.69) is 31.3 Å². The van der Waals surface area contributed by atoms with Crippen molar-refractivity contribution in [1.29, 1.82) is 0 Å². The maximum atomic E-state index is 13.1. The third kappa shape index (κ3) is 6.07. The summed E-state index contributed by atoms with van der Waals surface area (Å²) in [6.45, 7) is 3.45. The second-order valence-electron chi connectivity index (χ2n) is 8.09. The van der Waals surface area contributed by atoms with E-state index in [9.17, 15) is 19.7 Å². The van der Waals surface area contributed by atoms with Crippen LogP contribution in [0, 0.1) is 17.0 Å². The number of nitrogens with one attached hydrogen (secondary N) is 1. The zero-order chi connectivity index (χ0) is 26.5. The van der Waals surface area contributed by atoms with Crippen LogP contribution in [-0.2, 0) is 11.2 Å². The first-order valence-electron chi connectivity index (χ1n) is 11.3. The van der Waals surface area contributed by atoms with E-state index < -0.39 is 10.8 Å². The summed E-state index contributed by atoms with van der Waals surface area (Å²) < 4.78 is 7.53. The standard InChI is InChI=1S/C26H22BrN5O5/c1-3-24-30-22-10-6-18(27)13-21(22)26(34)31(24)28-14-17-12-20(32(35)36)9-11-23(17)37-15-25(33)29-19-7-4-16(2)5-8-19/h4-14H,3,15H2,1-2H3,(H,29,33). The van der Waals surface area contributed by atoms with Gasteiger partial charge in [0.25, 0.3) is 17.2 Å². The number of carbonyl (C=O) groups excluding carboxylic acids is 1. The molecule has 0 fully saturated rings. The minimum absolute atomic E-state index is 0.191. The molecular formula is C26H22BrN5O5. The minimum Gasteiger partial charge on any atom is -0.483 e. The van der Waals surface area contributed by atoms with Gasteiger partial charge < -0.3 is 10.1 Å². The van der Waals surface area contributed by atoms with Crippen molar-refractivity contribution in [1.82, 2.24) is 9.66 Å². The van der Waals surface area contributed by atoms with Crippen molar-refractivity contribution in [3.8, 4) is 5.75 Å². The third-order valence-electron chi connectivity index (χ3n) is 5.40. The summed E-state index contributed by atoms with van der Waals surface area (Å²) >= 11 is 3.36. The minimum atomic E-state index is -0.552. The normalized spacial score (nSPS) is 11.1. The van der Waals surface area contributed by atoms with Gasteiger partial charge in [-0.25, -0.2) is 4.98 Å². The van der Waals surface area contributed by atoms with Gasteiger partial charge in [-0.2, -0.15) is 9.78 Å². The number of halogens is 1. The van der Waals surface area contributed by atoms with Crippen molar-refractivity contribution in [3.05, 3.63) is 103 Å². The van der Waals surface area contributed by atoms with Gasteiger partial charge in [-0.1, -0.05) is 40.5 Å². The van der Waals surface area contributed by atoms with E-state index in [1.807, 2.05) is 26.0 Å². The van der Waals surface area contributed by atoms with Crippen LogP contribution in [0.4, 0.5) is 11.4 Å². The Morgan fingerprint density at radius 2 is 1.95 bits per heavy atom. The van der Waals surface area contributed by atoms with Crippen molar-refractivity contribution < 1.29 is 14.5 Å². The van der Waals surface area contributed by atoms with Gasteiger partial charge in [-0.15, -0.1) is 0 Å². The number of ether oxygens (including phenoxy) is 1. The first-order valence-corrected chi connectivity index (χ1v) is 12.1. The van der Waals surface area contributed by atoms with Crippen LogP contribution in [0.15, 0.2) is 75.0 Å². The number of non-ortho nitro benzene ring substituents is 1. The number of aryl methyl sites for hydroxylation is 2. The fraction of sp³-hybridized carbons (Fsp3) is 0.154. The second-order valence-corrected chi connectivity index (χ2v) is 9.00. The Hall–Kier alpha value is -4.38. The molecule has 0 radical (unpaired) electrons. The number of amides is 1. The molecule has 1 amide bonds. The van der Waals surface area contributed by atoms with Gasteiger partial charge in [-0.05, 0) is 43.3 Å². The second kappa shape index (κ2) is 11.1. The number of nitro benzene ring substituents is 1. The predicted molar refractivity (Wildman–Crippen MR) is 144 cm³/mol. The molecule has 0 saturated heterocycles. The fourth-order valence-corrected chi connectivity index (χ4v) is 3.88. The lowest BCUT2D eigenvalue weighted by molar-refractivity contribution is -0.384. The number of nitrogens with zero attached hydrogens (tertiary/aromatic N) is 4. The van der Waals surface area contributed by atoms with Crippen LogP contribution in [0.3, 0.4) is 0 Å². The number of carbonyl (C=O) groups is 1. The van der Waals surface area contributed by atoms with E-state index in [-0.39, 0.29) is 29.2 Å². The molecule has 188 valence electrons. The molecule has 0 aliphatic rings. The van der Waals surface area contributed by atoms with Crippen LogP contribution in [-0.4, -0.2) is 33.3 Å². The van der Waals surface area contributed by atoms with Gasteiger partial charge in [0.05, 0.1) is 22.0 Å². The molecule has 0 aliphatic heterocycles. The van der Waals surface area contributed by atoms with Gasteiger partial charge in [0.2, 0.25) is 0 Å². The van der Waals surface area contributed by atoms with Crippen molar-refractivity contribution in [2.24, 2.45) is 5.10 Å². The molecule has 4 aromatic rings. The van der Waals surface area contributed by atoms with Crippen molar-refractivity contribution in [3.63, 3.8) is 0 Å². The van der Waals surface area contributed by atoms with E-state index in [1.165, 1.54) is 24.4 Å². The Morgan fingerprint density at radius 1 is 1.19 bits per heavy atom.